The van der Waals surface area contributed by atoms with Crippen molar-refractivity contribution in [3.63, 3.8) is 0 Å². The summed E-state index contributed by atoms with van der Waals surface area (Å²) in [6.07, 6.45) is 0.849. The minimum absolute atomic E-state index is 0.131. The molecule has 0 bridgehead atoms. The Balaban J connectivity index is 2.99. The molecule has 0 aliphatic rings. The van der Waals surface area contributed by atoms with Crippen molar-refractivity contribution in [1.82, 2.24) is 0 Å². The van der Waals surface area contributed by atoms with Crippen molar-refractivity contribution in [1.29, 1.82) is 0 Å². The summed E-state index contributed by atoms with van der Waals surface area (Å²) in [6, 6.07) is 7.07. The fourth-order valence-corrected chi connectivity index (χ4v) is 1.65. The standard InChI is InChI=1S/C12H17NO2/c1-3-8(2)11(12(14)15)9-4-6-10(13)7-5-9/h4-8,11H,3,13H2,1-2H3,(H,14,15). The molecule has 0 saturated heterocycles. The van der Waals surface area contributed by atoms with Gasteiger partial charge in [-0.25, -0.2) is 0 Å². The van der Waals surface area contributed by atoms with Gasteiger partial charge in [-0.3, -0.25) is 4.79 Å². The molecule has 2 atom stereocenters. The highest BCUT2D eigenvalue weighted by molar-refractivity contribution is 5.76. The lowest BCUT2D eigenvalue weighted by atomic mass is 9.86. The van der Waals surface area contributed by atoms with Crippen LogP contribution in [0.2, 0.25) is 0 Å². The van der Waals surface area contributed by atoms with Gasteiger partial charge >= 0.3 is 5.97 Å². The summed E-state index contributed by atoms with van der Waals surface area (Å²) in [4.78, 5) is 11.2. The zero-order valence-electron chi connectivity index (χ0n) is 9.10. The molecule has 1 rings (SSSR count). The molecule has 2 unspecified atom stereocenters. The van der Waals surface area contributed by atoms with Crippen LogP contribution in [-0.4, -0.2) is 11.1 Å². The minimum atomic E-state index is -0.769. The molecule has 0 spiro atoms. The van der Waals surface area contributed by atoms with Crippen LogP contribution in [-0.2, 0) is 4.79 Å². The molecule has 0 aromatic heterocycles. The normalized spacial score (nSPS) is 14.5. The van der Waals surface area contributed by atoms with E-state index in [2.05, 4.69) is 0 Å². The van der Waals surface area contributed by atoms with E-state index in [0.29, 0.717) is 5.69 Å². The zero-order valence-corrected chi connectivity index (χ0v) is 9.10. The van der Waals surface area contributed by atoms with Gasteiger partial charge in [-0.05, 0) is 23.6 Å². The Morgan fingerprint density at radius 3 is 2.33 bits per heavy atom. The second-order valence-electron chi connectivity index (χ2n) is 3.87. The fraction of sp³-hybridized carbons (Fsp3) is 0.417. The van der Waals surface area contributed by atoms with Crippen molar-refractivity contribution < 1.29 is 9.90 Å². The first-order valence-electron chi connectivity index (χ1n) is 5.14. The average molecular weight is 207 g/mol. The molecule has 15 heavy (non-hydrogen) atoms. The van der Waals surface area contributed by atoms with Gasteiger partial charge in [0.15, 0.2) is 0 Å². The number of carbonyl (C=O) groups is 1. The molecule has 82 valence electrons. The highest BCUT2D eigenvalue weighted by atomic mass is 16.4. The number of nitrogen functional groups attached to an aromatic ring is 1. The summed E-state index contributed by atoms with van der Waals surface area (Å²) in [5, 5.41) is 9.17. The summed E-state index contributed by atoms with van der Waals surface area (Å²) < 4.78 is 0. The maximum absolute atomic E-state index is 11.2. The highest BCUT2D eigenvalue weighted by Gasteiger charge is 2.24. The van der Waals surface area contributed by atoms with Crippen LogP contribution in [0.3, 0.4) is 0 Å². The Morgan fingerprint density at radius 1 is 1.40 bits per heavy atom. The van der Waals surface area contributed by atoms with E-state index in [9.17, 15) is 4.79 Å². The molecule has 1 aromatic rings. The van der Waals surface area contributed by atoms with Gasteiger partial charge < -0.3 is 10.8 Å². The number of carboxylic acids is 1. The van der Waals surface area contributed by atoms with Crippen molar-refractivity contribution in [3.05, 3.63) is 29.8 Å². The molecular weight excluding hydrogens is 190 g/mol. The third-order valence-corrected chi connectivity index (χ3v) is 2.77. The van der Waals surface area contributed by atoms with E-state index in [0.717, 1.165) is 12.0 Å². The lowest BCUT2D eigenvalue weighted by Gasteiger charge is -2.19. The minimum Gasteiger partial charge on any atom is -0.481 e. The Labute approximate surface area is 89.9 Å². The third-order valence-electron chi connectivity index (χ3n) is 2.77. The van der Waals surface area contributed by atoms with E-state index in [4.69, 9.17) is 10.8 Å². The molecule has 1 aromatic carbocycles. The van der Waals surface area contributed by atoms with E-state index in [1.165, 1.54) is 0 Å². The Morgan fingerprint density at radius 2 is 1.93 bits per heavy atom. The van der Waals surface area contributed by atoms with Crippen LogP contribution in [0.15, 0.2) is 24.3 Å². The van der Waals surface area contributed by atoms with Crippen LogP contribution in [0.4, 0.5) is 5.69 Å². The predicted octanol–water partition coefficient (Wildman–Crippen LogP) is 2.48. The first kappa shape index (κ1) is 11.6. The van der Waals surface area contributed by atoms with Crippen LogP contribution in [0.5, 0.6) is 0 Å². The van der Waals surface area contributed by atoms with Crippen molar-refractivity contribution in [3.8, 4) is 0 Å². The van der Waals surface area contributed by atoms with Gasteiger partial charge in [0.1, 0.15) is 0 Å². The SMILES string of the molecule is CCC(C)C(C(=O)O)c1ccc(N)cc1. The van der Waals surface area contributed by atoms with E-state index in [1.54, 1.807) is 24.3 Å². The molecule has 0 amide bonds. The van der Waals surface area contributed by atoms with Gasteiger partial charge in [0.25, 0.3) is 0 Å². The van der Waals surface area contributed by atoms with Crippen LogP contribution in [0, 0.1) is 5.92 Å². The lowest BCUT2D eigenvalue weighted by Crippen LogP contribution is -2.19. The number of hydrogen-bond donors (Lipinski definition) is 2. The molecule has 0 radical (unpaired) electrons. The van der Waals surface area contributed by atoms with Crippen molar-refractivity contribution >= 4 is 11.7 Å². The fourth-order valence-electron chi connectivity index (χ4n) is 1.65. The Hall–Kier alpha value is -1.51. The number of rotatable bonds is 4. The van der Waals surface area contributed by atoms with Gasteiger partial charge in [-0.15, -0.1) is 0 Å². The van der Waals surface area contributed by atoms with Crippen LogP contribution >= 0.6 is 0 Å². The zero-order chi connectivity index (χ0) is 11.4. The molecule has 3 heteroatoms. The number of aliphatic carboxylic acids is 1. The number of benzene rings is 1. The van der Waals surface area contributed by atoms with Crippen molar-refractivity contribution in [2.24, 2.45) is 5.92 Å². The molecule has 3 N–H and O–H groups in total. The van der Waals surface area contributed by atoms with Crippen LogP contribution in [0.25, 0.3) is 0 Å². The molecule has 0 fully saturated rings. The van der Waals surface area contributed by atoms with Gasteiger partial charge in [-0.2, -0.15) is 0 Å². The van der Waals surface area contributed by atoms with Crippen molar-refractivity contribution in [2.75, 3.05) is 5.73 Å². The first-order valence-corrected chi connectivity index (χ1v) is 5.14. The monoisotopic (exact) mass is 207 g/mol. The van der Waals surface area contributed by atoms with Gasteiger partial charge in [0.2, 0.25) is 0 Å². The number of nitrogens with two attached hydrogens (primary N) is 1. The largest absolute Gasteiger partial charge is 0.481 e. The first-order chi connectivity index (χ1) is 7.06. The van der Waals surface area contributed by atoms with Crippen LogP contribution < -0.4 is 5.73 Å². The van der Waals surface area contributed by atoms with E-state index in [-0.39, 0.29) is 5.92 Å². The van der Waals surface area contributed by atoms with E-state index < -0.39 is 11.9 Å². The Kier molecular flexibility index (Phi) is 3.72. The maximum Gasteiger partial charge on any atom is 0.311 e. The summed E-state index contributed by atoms with van der Waals surface area (Å²) in [5.74, 6) is -1.07. The van der Waals surface area contributed by atoms with Gasteiger partial charge in [-0.1, -0.05) is 32.4 Å². The number of carboxylic acid groups (broad SMARTS) is 1. The number of hydrogen-bond acceptors (Lipinski definition) is 2. The Bertz CT molecular complexity index is 332. The second-order valence-corrected chi connectivity index (χ2v) is 3.87. The smallest absolute Gasteiger partial charge is 0.311 e. The molecule has 3 nitrogen and oxygen atoms in total. The lowest BCUT2D eigenvalue weighted by molar-refractivity contribution is -0.140. The summed E-state index contributed by atoms with van der Waals surface area (Å²) >= 11 is 0. The molecule has 0 aliphatic heterocycles. The van der Waals surface area contributed by atoms with Gasteiger partial charge in [0, 0.05) is 5.69 Å². The van der Waals surface area contributed by atoms with Gasteiger partial charge in [0.05, 0.1) is 5.92 Å². The maximum atomic E-state index is 11.2. The summed E-state index contributed by atoms with van der Waals surface area (Å²) in [7, 11) is 0. The predicted molar refractivity (Wildman–Crippen MR) is 60.7 cm³/mol. The third kappa shape index (κ3) is 2.72. The quantitative estimate of drug-likeness (QED) is 0.745. The van der Waals surface area contributed by atoms with E-state index >= 15 is 0 Å². The molecule has 0 aliphatic carbocycles. The highest BCUT2D eigenvalue weighted by Crippen LogP contribution is 2.27. The summed E-state index contributed by atoms with van der Waals surface area (Å²) in [5.41, 5.74) is 7.05. The average Bonchev–Trinajstić information content (AvgIpc) is 2.20. The van der Waals surface area contributed by atoms with E-state index in [1.807, 2.05) is 13.8 Å². The second kappa shape index (κ2) is 4.82. The van der Waals surface area contributed by atoms with Crippen molar-refractivity contribution in [2.45, 2.75) is 26.2 Å². The molecule has 0 saturated carbocycles. The summed E-state index contributed by atoms with van der Waals surface area (Å²) in [6.45, 7) is 3.95. The topological polar surface area (TPSA) is 63.3 Å². The molecular formula is C12H17NO2. The molecule has 0 heterocycles. The number of anilines is 1. The van der Waals surface area contributed by atoms with Crippen LogP contribution in [0.1, 0.15) is 31.7 Å².